The van der Waals surface area contributed by atoms with Crippen molar-refractivity contribution in [2.24, 2.45) is 30.7 Å². The van der Waals surface area contributed by atoms with Gasteiger partial charge in [0, 0.05) is 30.8 Å². The normalized spacial score (nSPS) is 12.9. The minimum atomic E-state index is -5.39. The van der Waals surface area contributed by atoms with Crippen LogP contribution in [0.5, 0.6) is 23.0 Å². The summed E-state index contributed by atoms with van der Waals surface area (Å²) in [5, 5.41) is 75.3. The van der Waals surface area contributed by atoms with E-state index in [-0.39, 0.29) is 47.5 Å². The first-order valence-electron chi connectivity index (χ1n) is 17.5. The summed E-state index contributed by atoms with van der Waals surface area (Å²) in [4.78, 5) is 20.0. The Labute approximate surface area is 360 Å². The maximum atomic E-state index is 12.7. The van der Waals surface area contributed by atoms with Crippen LogP contribution in [-0.4, -0.2) is 84.5 Å². The lowest BCUT2D eigenvalue weighted by Gasteiger charge is -2.14. The number of phenols is 2. The Hall–Kier alpha value is -7.09. The number of fused-ring (bicyclic) bond motifs is 1. The minimum absolute atomic E-state index is 0.0145. The molecule has 5 aromatic carbocycles. The first kappa shape index (κ1) is 48.0. The van der Waals surface area contributed by atoms with Gasteiger partial charge in [-0.05, 0) is 61.7 Å². The van der Waals surface area contributed by atoms with Crippen molar-refractivity contribution in [1.82, 2.24) is 0 Å². The van der Waals surface area contributed by atoms with E-state index in [2.05, 4.69) is 36.0 Å². The summed E-state index contributed by atoms with van der Waals surface area (Å²) in [6.07, 6.45) is 0. The molecule has 0 radical (unpaired) electrons. The van der Waals surface area contributed by atoms with Gasteiger partial charge in [-0.2, -0.15) is 35.6 Å². The van der Waals surface area contributed by atoms with Gasteiger partial charge in [-0.3, -0.25) is 18.5 Å². The maximum Gasteiger partial charge on any atom is 0.342 e. The van der Waals surface area contributed by atoms with Gasteiger partial charge in [-0.1, -0.05) is 0 Å². The molecule has 5 aromatic rings. The number of aromatic hydroxyl groups is 2. The van der Waals surface area contributed by atoms with Crippen LogP contribution in [0.15, 0.2) is 106 Å². The van der Waals surface area contributed by atoms with Crippen molar-refractivity contribution >= 4 is 98.5 Å². The van der Waals surface area contributed by atoms with Crippen molar-refractivity contribution < 1.29 is 83.7 Å². The fourth-order valence-corrected chi connectivity index (χ4v) is 7.61. The van der Waals surface area contributed by atoms with Crippen molar-refractivity contribution in [3.63, 3.8) is 0 Å². The highest BCUT2D eigenvalue weighted by Crippen LogP contribution is 2.51. The zero-order valence-corrected chi connectivity index (χ0v) is 35.2. The summed E-state index contributed by atoms with van der Waals surface area (Å²) in [6.45, 7) is 4.22. The van der Waals surface area contributed by atoms with Crippen LogP contribution in [0, 0.1) is 5.21 Å². The van der Waals surface area contributed by atoms with Crippen LogP contribution < -0.4 is 20.0 Å². The Morgan fingerprint density at radius 3 is 1.61 bits per heavy atom. The molecule has 5 rings (SSSR count). The Morgan fingerprint density at radius 1 is 0.672 bits per heavy atom. The van der Waals surface area contributed by atoms with Crippen LogP contribution in [0.2, 0.25) is 0 Å². The number of aromatic carboxylic acids is 1. The van der Waals surface area contributed by atoms with Gasteiger partial charge < -0.3 is 35.3 Å². The van der Waals surface area contributed by atoms with Gasteiger partial charge in [-0.15, -0.1) is 25.6 Å². The zero-order valence-electron chi connectivity index (χ0n) is 32.7. The summed E-state index contributed by atoms with van der Waals surface area (Å²) in [5.74, 6) is -5.06. The number of carbonyl (C=O) groups excluding carboxylic acids is 1. The number of rotatable bonds is 16. The Morgan fingerprint density at radius 2 is 1.16 bits per heavy atom. The average molecular weight is 949 g/mol. The Kier molecular flexibility index (Phi) is 14.0. The molecule has 0 aliphatic heterocycles. The molecular formula is C35H32N8O18S3. The van der Waals surface area contributed by atoms with Gasteiger partial charge >= 0.3 is 5.97 Å². The Balaban J connectivity index is 1.69. The molecule has 0 aromatic heterocycles. The van der Waals surface area contributed by atoms with E-state index in [0.29, 0.717) is 12.1 Å². The molecule has 9 N–H and O–H groups in total. The molecule has 1 atom stereocenters. The second-order valence-corrected chi connectivity index (χ2v) is 16.8. The van der Waals surface area contributed by atoms with Gasteiger partial charge in [0.2, 0.25) is 5.91 Å². The number of benzene rings is 5. The molecule has 29 heteroatoms. The third-order valence-corrected chi connectivity index (χ3v) is 10.9. The number of carboxylic acids is 1. The number of hydrogen-bond acceptors (Lipinski definition) is 20. The molecule has 338 valence electrons. The molecule has 0 saturated carbocycles. The van der Waals surface area contributed by atoms with Crippen molar-refractivity contribution in [2.45, 2.75) is 35.5 Å². The summed E-state index contributed by atoms with van der Waals surface area (Å²) in [6, 6.07) is 9.34. The molecule has 0 aliphatic carbocycles. The third-order valence-electron chi connectivity index (χ3n) is 8.26. The number of carboxylic acid groups (broad SMARTS) is 1. The maximum absolute atomic E-state index is 12.7. The average Bonchev–Trinajstić information content (AvgIpc) is 3.18. The van der Waals surface area contributed by atoms with Crippen LogP contribution in [0.3, 0.4) is 0 Å². The predicted molar refractivity (Wildman–Crippen MR) is 218 cm³/mol. The van der Waals surface area contributed by atoms with Crippen LogP contribution in [0.25, 0.3) is 10.8 Å². The number of quaternary nitrogens is 1. The third kappa shape index (κ3) is 10.7. The second-order valence-electron chi connectivity index (χ2n) is 12.6. The van der Waals surface area contributed by atoms with E-state index in [1.54, 1.807) is 13.8 Å². The molecule has 0 bridgehead atoms. The summed E-state index contributed by atoms with van der Waals surface area (Å²) in [5.41, 5.74) is -4.70. The number of anilines is 1. The summed E-state index contributed by atoms with van der Waals surface area (Å²) in [7, 11) is -15.7. The van der Waals surface area contributed by atoms with Crippen molar-refractivity contribution in [2.75, 3.05) is 18.5 Å². The predicted octanol–water partition coefficient (Wildman–Crippen LogP) is 6.09. The molecule has 26 nitrogen and oxygen atoms in total. The Bertz CT molecular complexity index is 3160. The highest BCUT2D eigenvalue weighted by Gasteiger charge is 2.29. The summed E-state index contributed by atoms with van der Waals surface area (Å²) < 4.78 is 116. The number of ether oxygens (including phenoxy) is 2. The topological polar surface area (TPSA) is 410 Å². The number of amides is 1. The molecule has 1 amide bonds. The van der Waals surface area contributed by atoms with Gasteiger partial charge in [0.25, 0.3) is 30.4 Å². The fourth-order valence-electron chi connectivity index (χ4n) is 5.65. The largest absolute Gasteiger partial charge is 0.595 e. The molecule has 64 heavy (non-hydrogen) atoms. The lowest BCUT2D eigenvalue weighted by Crippen LogP contribution is -2.99. The van der Waals surface area contributed by atoms with E-state index in [0.717, 1.165) is 36.4 Å². The monoisotopic (exact) mass is 948 g/mol. The van der Waals surface area contributed by atoms with E-state index in [4.69, 9.17) is 9.47 Å². The molecule has 1 unspecified atom stereocenters. The quantitative estimate of drug-likeness (QED) is 0.0306. The van der Waals surface area contributed by atoms with E-state index in [1.807, 2.05) is 0 Å². The molecule has 0 spiro atoms. The number of phenolic OH excluding ortho intramolecular Hbond substituents is 2. The van der Waals surface area contributed by atoms with E-state index < -0.39 is 113 Å². The van der Waals surface area contributed by atoms with Crippen LogP contribution in [-0.2, 0) is 35.1 Å². The number of azo groups is 3. The highest BCUT2D eigenvalue weighted by atomic mass is 32.2. The molecule has 0 saturated heterocycles. The zero-order chi connectivity index (χ0) is 47.5. The molecule has 0 heterocycles. The van der Waals surface area contributed by atoms with Gasteiger partial charge in [-0.25, -0.2) is 10.0 Å². The number of carbonyl (C=O) groups is 2. The van der Waals surface area contributed by atoms with Gasteiger partial charge in [0.1, 0.15) is 60.2 Å². The van der Waals surface area contributed by atoms with Gasteiger partial charge in [0.05, 0.1) is 24.3 Å². The van der Waals surface area contributed by atoms with E-state index >= 15 is 0 Å². The first-order chi connectivity index (χ1) is 29.8. The number of hydrogen-bond donors (Lipinski definition) is 9. The molecule has 0 fully saturated rings. The number of nitrogens with zero attached hydrogens (tertiary/aromatic N) is 6. The van der Waals surface area contributed by atoms with Crippen LogP contribution >= 0.6 is 0 Å². The highest BCUT2D eigenvalue weighted by molar-refractivity contribution is 7.86. The fraction of sp³-hybridized carbons (Fsp3) is 0.143. The van der Waals surface area contributed by atoms with Crippen LogP contribution in [0.4, 0.5) is 45.5 Å². The lowest BCUT2D eigenvalue weighted by atomic mass is 10.1. The van der Waals surface area contributed by atoms with Crippen molar-refractivity contribution in [3.05, 3.63) is 71.4 Å². The van der Waals surface area contributed by atoms with E-state index in [9.17, 15) is 74.2 Å². The molecular weight excluding hydrogens is 917 g/mol. The van der Waals surface area contributed by atoms with Crippen LogP contribution in [0.1, 0.15) is 31.1 Å². The van der Waals surface area contributed by atoms with Crippen molar-refractivity contribution in [1.29, 1.82) is 0 Å². The first-order valence-corrected chi connectivity index (χ1v) is 21.9. The van der Waals surface area contributed by atoms with Crippen molar-refractivity contribution in [3.8, 4) is 23.0 Å². The smallest absolute Gasteiger partial charge is 0.342 e. The summed E-state index contributed by atoms with van der Waals surface area (Å²) >= 11 is 0. The molecule has 0 aliphatic rings. The van der Waals surface area contributed by atoms with E-state index in [1.165, 1.54) is 19.1 Å². The minimum Gasteiger partial charge on any atom is -0.595 e. The second kappa shape index (κ2) is 18.7. The number of nitrogens with one attached hydrogen (secondary N) is 2. The van der Waals surface area contributed by atoms with Gasteiger partial charge in [0.15, 0.2) is 17.2 Å². The standard InChI is InChI=1S/C35H32N8O18S3/c1-4-60-25-15-23(26(61-5-2)14-22(25)39-38-21-8-6-18(36-16(3)44)13-27(21)62(51,52)53)40-42-32-29(64(57,58)59)11-17-10-28(63(54,55)56)31(33(45)30(17)34(32)46)41-37-19-7-9-24(43(49)50)20(12-19)35(47)48/h6-15,43,45-46,49H,4-5H2,1-3H3,(H,36,44)(H,47,48)(H,51,52,53)(H,54,55,56)(H,57,58,59). The SMILES string of the molecule is CCOc1cc(N=Nc2c(S(=O)(=O)O)cc3cc(S(=O)(=O)O)c(N=Nc4ccc([NH+]([O-])O)c(C(=O)O)c4)c(O)c3c2O)c(OCC)cc1N=Nc1ccc(NC(C)=O)cc1S(=O)(=O)O. The lowest BCUT2D eigenvalue weighted by molar-refractivity contribution is -0.991.